The van der Waals surface area contributed by atoms with E-state index in [4.69, 9.17) is 4.74 Å². The molecule has 0 spiro atoms. The second-order valence-electron chi connectivity index (χ2n) is 9.54. The van der Waals surface area contributed by atoms with Gasteiger partial charge in [-0.3, -0.25) is 20.7 Å². The smallest absolute Gasteiger partial charge is 0.225 e. The number of likely N-dealkylation sites (tertiary alicyclic amines) is 1. The Labute approximate surface area is 170 Å². The Morgan fingerprint density at radius 3 is 2.32 bits per heavy atom. The number of amides is 1. The number of carbonyl (C=O) groups is 1. The molecule has 0 bridgehead atoms. The summed E-state index contributed by atoms with van der Waals surface area (Å²) in [6.45, 7) is 4.14. The van der Waals surface area contributed by atoms with Crippen LogP contribution >= 0.6 is 0 Å². The highest BCUT2D eigenvalue weighted by atomic mass is 16.5. The molecule has 2 aliphatic carbocycles. The van der Waals surface area contributed by atoms with Gasteiger partial charge in [0.05, 0.1) is 6.10 Å². The molecule has 2 atom stereocenters. The Morgan fingerprint density at radius 1 is 0.929 bits per heavy atom. The number of nitrogens with one attached hydrogen (secondary N) is 3. The highest BCUT2D eigenvalue weighted by Gasteiger charge is 2.34. The van der Waals surface area contributed by atoms with Crippen LogP contribution in [-0.2, 0) is 9.53 Å². The van der Waals surface area contributed by atoms with Crippen LogP contribution in [0.2, 0.25) is 0 Å². The Hall–Kier alpha value is -0.690. The fourth-order valence-corrected chi connectivity index (χ4v) is 5.93. The quantitative estimate of drug-likeness (QED) is 0.668. The highest BCUT2D eigenvalue weighted by molar-refractivity contribution is 5.79. The first-order chi connectivity index (χ1) is 13.7. The molecular formula is C22H40N4O2. The Kier molecular flexibility index (Phi) is 7.26. The first kappa shape index (κ1) is 20.6. The summed E-state index contributed by atoms with van der Waals surface area (Å²) in [6.07, 6.45) is 12.5. The number of nitrogens with zero attached hydrogens (tertiary/aromatic N) is 1. The lowest BCUT2D eigenvalue weighted by Crippen LogP contribution is -2.63. The molecule has 2 heterocycles. The van der Waals surface area contributed by atoms with E-state index < -0.39 is 0 Å². The molecule has 6 heteroatoms. The van der Waals surface area contributed by atoms with Crippen molar-refractivity contribution in [3.05, 3.63) is 0 Å². The fourth-order valence-electron chi connectivity index (χ4n) is 5.93. The largest absolute Gasteiger partial charge is 0.381 e. The van der Waals surface area contributed by atoms with Crippen molar-refractivity contribution < 1.29 is 9.53 Å². The molecule has 4 fully saturated rings. The van der Waals surface area contributed by atoms with E-state index >= 15 is 0 Å². The first-order valence-electron chi connectivity index (χ1n) is 11.8. The molecule has 6 nitrogen and oxygen atoms in total. The zero-order valence-corrected chi connectivity index (χ0v) is 17.6. The maximum Gasteiger partial charge on any atom is 0.225 e. The second-order valence-corrected chi connectivity index (χ2v) is 9.54. The lowest BCUT2D eigenvalue weighted by molar-refractivity contribution is -0.135. The number of methoxy groups -OCH3 is 1. The molecule has 2 saturated carbocycles. The van der Waals surface area contributed by atoms with E-state index in [9.17, 15) is 4.79 Å². The van der Waals surface area contributed by atoms with Gasteiger partial charge >= 0.3 is 0 Å². The Balaban J connectivity index is 1.19. The molecule has 4 aliphatic rings. The van der Waals surface area contributed by atoms with Crippen LogP contribution in [0.5, 0.6) is 0 Å². The van der Waals surface area contributed by atoms with E-state index in [1.165, 1.54) is 51.4 Å². The Morgan fingerprint density at radius 2 is 1.64 bits per heavy atom. The maximum absolute atomic E-state index is 12.8. The van der Waals surface area contributed by atoms with Gasteiger partial charge in [-0.05, 0) is 69.6 Å². The van der Waals surface area contributed by atoms with Crippen LogP contribution in [0.4, 0.5) is 0 Å². The molecule has 2 saturated heterocycles. The van der Waals surface area contributed by atoms with Crippen LogP contribution in [-0.4, -0.2) is 62.5 Å². The average Bonchev–Trinajstić information content (AvgIpc) is 3.29. The van der Waals surface area contributed by atoms with Gasteiger partial charge in [0.25, 0.3) is 0 Å². The van der Waals surface area contributed by atoms with E-state index in [1.54, 1.807) is 0 Å². The summed E-state index contributed by atoms with van der Waals surface area (Å²) in [5.41, 5.74) is 0. The normalized spacial score (nSPS) is 39.8. The average molecular weight is 393 g/mol. The van der Waals surface area contributed by atoms with Crippen molar-refractivity contribution in [1.82, 2.24) is 20.9 Å². The molecule has 1 amide bonds. The van der Waals surface area contributed by atoms with Crippen LogP contribution in [0.15, 0.2) is 0 Å². The van der Waals surface area contributed by atoms with Crippen LogP contribution in [0.1, 0.15) is 64.2 Å². The minimum atomic E-state index is 0.192. The van der Waals surface area contributed by atoms with Gasteiger partial charge in [-0.25, -0.2) is 0 Å². The molecule has 0 radical (unpaired) electrons. The van der Waals surface area contributed by atoms with E-state index in [0.717, 1.165) is 50.9 Å². The summed E-state index contributed by atoms with van der Waals surface area (Å²) in [5, 5.41) is 11.1. The summed E-state index contributed by atoms with van der Waals surface area (Å²) in [6, 6.07) is 0.448. The molecule has 4 rings (SSSR count). The van der Waals surface area contributed by atoms with Gasteiger partial charge < -0.3 is 9.64 Å². The summed E-state index contributed by atoms with van der Waals surface area (Å²) < 4.78 is 5.52. The molecule has 2 aliphatic heterocycles. The molecule has 3 N–H and O–H groups in total. The molecule has 0 aromatic rings. The predicted molar refractivity (Wildman–Crippen MR) is 111 cm³/mol. The molecule has 0 aromatic carbocycles. The van der Waals surface area contributed by atoms with Gasteiger partial charge in [-0.1, -0.05) is 6.42 Å². The zero-order chi connectivity index (χ0) is 19.3. The first-order valence-corrected chi connectivity index (χ1v) is 11.8. The van der Waals surface area contributed by atoms with Crippen molar-refractivity contribution in [2.24, 2.45) is 17.8 Å². The van der Waals surface area contributed by atoms with E-state index in [-0.39, 0.29) is 12.2 Å². The van der Waals surface area contributed by atoms with Gasteiger partial charge in [0.1, 0.15) is 6.29 Å². The summed E-state index contributed by atoms with van der Waals surface area (Å²) in [7, 11) is 1.85. The van der Waals surface area contributed by atoms with Crippen molar-refractivity contribution >= 4 is 5.91 Å². The number of rotatable bonds is 5. The van der Waals surface area contributed by atoms with E-state index in [1.807, 2.05) is 7.11 Å². The minimum absolute atomic E-state index is 0.192. The van der Waals surface area contributed by atoms with Gasteiger partial charge in [0.2, 0.25) is 5.91 Å². The fraction of sp³-hybridized carbons (Fsp3) is 0.955. The topological polar surface area (TPSA) is 65.6 Å². The van der Waals surface area contributed by atoms with Crippen LogP contribution < -0.4 is 16.0 Å². The van der Waals surface area contributed by atoms with E-state index in [2.05, 4.69) is 20.9 Å². The van der Waals surface area contributed by atoms with E-state index in [0.29, 0.717) is 18.1 Å². The lowest BCUT2D eigenvalue weighted by atomic mass is 9.78. The number of hydrogen-bond donors (Lipinski definition) is 3. The minimum Gasteiger partial charge on any atom is -0.381 e. The third kappa shape index (κ3) is 5.07. The predicted octanol–water partition coefficient (Wildman–Crippen LogP) is 2.06. The van der Waals surface area contributed by atoms with Crippen molar-refractivity contribution in [1.29, 1.82) is 0 Å². The molecule has 2 unspecified atom stereocenters. The maximum atomic E-state index is 12.8. The zero-order valence-electron chi connectivity index (χ0n) is 17.6. The summed E-state index contributed by atoms with van der Waals surface area (Å²) >= 11 is 0. The second kappa shape index (κ2) is 9.88. The van der Waals surface area contributed by atoms with Gasteiger partial charge in [0.15, 0.2) is 0 Å². The molecule has 0 aromatic heterocycles. The van der Waals surface area contributed by atoms with Crippen LogP contribution in [0.3, 0.4) is 0 Å². The highest BCUT2D eigenvalue weighted by Crippen LogP contribution is 2.32. The Bertz CT molecular complexity index is 495. The van der Waals surface area contributed by atoms with Crippen molar-refractivity contribution in [2.75, 3.05) is 33.3 Å². The molecular weight excluding hydrogens is 352 g/mol. The number of ether oxygens (including phenoxy) is 1. The van der Waals surface area contributed by atoms with Crippen LogP contribution in [0.25, 0.3) is 0 Å². The standard InChI is InChI=1S/C22H40N4O2/c1-28-20-9-7-16(8-10-20)18-14-23-22(24-15-18)25-19-6-4-5-17(13-19)21(27)26-11-2-3-12-26/h16-20,22-25H,2-15H2,1H3. The third-order valence-corrected chi connectivity index (χ3v) is 7.73. The third-order valence-electron chi connectivity index (χ3n) is 7.73. The number of hydrogen-bond acceptors (Lipinski definition) is 5. The molecule has 28 heavy (non-hydrogen) atoms. The summed E-state index contributed by atoms with van der Waals surface area (Å²) in [5.74, 6) is 2.20. The molecule has 160 valence electrons. The van der Waals surface area contributed by atoms with Gasteiger partial charge in [-0.15, -0.1) is 0 Å². The van der Waals surface area contributed by atoms with Crippen molar-refractivity contribution in [2.45, 2.75) is 82.6 Å². The monoisotopic (exact) mass is 392 g/mol. The lowest BCUT2D eigenvalue weighted by Gasteiger charge is -2.40. The van der Waals surface area contributed by atoms with Crippen molar-refractivity contribution in [3.63, 3.8) is 0 Å². The number of carbonyl (C=O) groups excluding carboxylic acids is 1. The van der Waals surface area contributed by atoms with Crippen molar-refractivity contribution in [3.8, 4) is 0 Å². The van der Waals surface area contributed by atoms with Gasteiger partial charge in [0, 0.05) is 45.2 Å². The van der Waals surface area contributed by atoms with Gasteiger partial charge in [-0.2, -0.15) is 0 Å². The SMILES string of the molecule is COC1CCC(C2CNC(NC3CCCC(C(=O)N4CCCC4)C3)NC2)CC1. The van der Waals surface area contributed by atoms with Crippen LogP contribution in [0, 0.1) is 17.8 Å². The summed E-state index contributed by atoms with van der Waals surface area (Å²) in [4.78, 5) is 14.9.